The van der Waals surface area contributed by atoms with Gasteiger partial charge in [0.05, 0.1) is 11.4 Å². The highest BCUT2D eigenvalue weighted by molar-refractivity contribution is 7.94. The largest absolute Gasteiger partial charge is 0.301 e. The lowest BCUT2D eigenvalue weighted by molar-refractivity contribution is -0.114. The van der Waals surface area contributed by atoms with Crippen LogP contribution < -0.4 is 10.0 Å². The van der Waals surface area contributed by atoms with Crippen LogP contribution in [0.4, 0.5) is 10.8 Å². The smallest absolute Gasteiger partial charge is 0.291 e. The Bertz CT molecular complexity index is 790. The van der Waals surface area contributed by atoms with E-state index in [2.05, 4.69) is 25.2 Å². The first kappa shape index (κ1) is 15.6. The number of nitrogens with zero attached hydrogens (tertiary/aromatic N) is 3. The number of hydrogen-bond donors (Lipinski definition) is 2. The minimum Gasteiger partial charge on any atom is -0.301 e. The molecule has 0 spiro atoms. The summed E-state index contributed by atoms with van der Waals surface area (Å²) < 4.78 is 26.4. The third kappa shape index (κ3) is 3.86. The summed E-state index contributed by atoms with van der Waals surface area (Å²) in [6, 6.07) is 2.97. The van der Waals surface area contributed by atoms with Crippen LogP contribution in [-0.2, 0) is 14.8 Å². The highest BCUT2D eigenvalue weighted by Gasteiger charge is 2.21. The zero-order valence-corrected chi connectivity index (χ0v) is 13.3. The molecular weight excluding hydrogens is 338 g/mol. The normalized spacial score (nSPS) is 11.2. The predicted octanol–water partition coefficient (Wildman–Crippen LogP) is 1.65. The highest BCUT2D eigenvalue weighted by atomic mass is 35.5. The number of aromatic nitrogens is 3. The van der Waals surface area contributed by atoms with Crippen LogP contribution in [0.3, 0.4) is 0 Å². The minimum absolute atomic E-state index is 0.105. The Labute approximate surface area is 129 Å². The number of rotatable bonds is 4. The van der Waals surface area contributed by atoms with Crippen molar-refractivity contribution in [2.45, 2.75) is 18.2 Å². The summed E-state index contributed by atoms with van der Waals surface area (Å²) in [7, 11) is -3.90. The maximum Gasteiger partial charge on any atom is 0.291 e. The van der Waals surface area contributed by atoms with Gasteiger partial charge in [-0.25, -0.2) is 4.98 Å². The van der Waals surface area contributed by atoms with Gasteiger partial charge >= 0.3 is 0 Å². The Morgan fingerprint density at radius 1 is 1.33 bits per heavy atom. The molecule has 0 aromatic carbocycles. The summed E-state index contributed by atoms with van der Waals surface area (Å²) in [4.78, 5) is 14.8. The lowest BCUT2D eigenvalue weighted by atomic mass is 10.3. The number of aryl methyl sites for hydroxylation is 1. The van der Waals surface area contributed by atoms with Crippen molar-refractivity contribution in [1.82, 2.24) is 15.2 Å². The first-order valence-corrected chi connectivity index (χ1v) is 8.23. The molecule has 2 aromatic rings. The molecule has 112 valence electrons. The van der Waals surface area contributed by atoms with Crippen LogP contribution in [0.1, 0.15) is 12.6 Å². The summed E-state index contributed by atoms with van der Waals surface area (Å²) >= 11 is 6.45. The molecule has 2 N–H and O–H groups in total. The molecule has 2 heterocycles. The third-order valence-corrected chi connectivity index (χ3v) is 5.00. The first-order chi connectivity index (χ1) is 9.78. The van der Waals surface area contributed by atoms with Crippen LogP contribution in [0.5, 0.6) is 0 Å². The van der Waals surface area contributed by atoms with Gasteiger partial charge in [0.15, 0.2) is 0 Å². The fraction of sp³-hybridized carbons (Fsp3) is 0.200. The van der Waals surface area contributed by atoms with Gasteiger partial charge in [0.2, 0.25) is 11.0 Å². The minimum atomic E-state index is -3.90. The molecular formula is C10H10ClN5O3S2. The number of amides is 1. The Morgan fingerprint density at radius 2 is 2.05 bits per heavy atom. The molecule has 2 rings (SSSR count). The Kier molecular flexibility index (Phi) is 4.40. The monoisotopic (exact) mass is 347 g/mol. The van der Waals surface area contributed by atoms with Crippen LogP contribution in [-0.4, -0.2) is 29.5 Å². The van der Waals surface area contributed by atoms with Gasteiger partial charge in [-0.2, -0.15) is 8.42 Å². The van der Waals surface area contributed by atoms with Gasteiger partial charge in [0.1, 0.15) is 5.15 Å². The molecule has 0 aliphatic rings. The second kappa shape index (κ2) is 5.92. The molecule has 8 nitrogen and oxygen atoms in total. The van der Waals surface area contributed by atoms with Crippen LogP contribution >= 0.6 is 22.9 Å². The molecule has 21 heavy (non-hydrogen) atoms. The van der Waals surface area contributed by atoms with E-state index in [1.807, 2.05) is 0 Å². The fourth-order valence-corrected chi connectivity index (χ4v) is 3.60. The Morgan fingerprint density at radius 3 is 2.67 bits per heavy atom. The molecule has 0 fully saturated rings. The zero-order valence-electron chi connectivity index (χ0n) is 10.9. The predicted molar refractivity (Wildman–Crippen MR) is 79.0 cm³/mol. The van der Waals surface area contributed by atoms with E-state index < -0.39 is 10.0 Å². The zero-order chi connectivity index (χ0) is 15.6. The van der Waals surface area contributed by atoms with Crippen molar-refractivity contribution in [3.05, 3.63) is 23.0 Å². The first-order valence-electron chi connectivity index (χ1n) is 5.55. The van der Waals surface area contributed by atoms with Crippen molar-refractivity contribution in [3.63, 3.8) is 0 Å². The van der Waals surface area contributed by atoms with Crippen LogP contribution in [0.15, 0.2) is 16.5 Å². The number of carbonyl (C=O) groups is 1. The molecule has 0 atom stereocenters. The van der Waals surface area contributed by atoms with Gasteiger partial charge < -0.3 is 5.32 Å². The van der Waals surface area contributed by atoms with Gasteiger partial charge in [0.25, 0.3) is 14.4 Å². The molecule has 0 saturated heterocycles. The average Bonchev–Trinajstić information content (AvgIpc) is 2.81. The topological polar surface area (TPSA) is 114 Å². The van der Waals surface area contributed by atoms with Crippen molar-refractivity contribution < 1.29 is 13.2 Å². The average molecular weight is 348 g/mol. The lowest BCUT2D eigenvalue weighted by Crippen LogP contribution is -2.14. The van der Waals surface area contributed by atoms with E-state index in [1.54, 1.807) is 6.92 Å². The van der Waals surface area contributed by atoms with Gasteiger partial charge in [-0.1, -0.05) is 22.9 Å². The highest BCUT2D eigenvalue weighted by Crippen LogP contribution is 2.24. The van der Waals surface area contributed by atoms with Gasteiger partial charge in [0, 0.05) is 6.92 Å². The number of anilines is 2. The van der Waals surface area contributed by atoms with Crippen molar-refractivity contribution in [2.75, 3.05) is 10.0 Å². The second-order valence-electron chi connectivity index (χ2n) is 3.93. The van der Waals surface area contributed by atoms with Crippen molar-refractivity contribution >= 4 is 49.7 Å². The molecule has 0 bridgehead atoms. The molecule has 0 unspecified atom stereocenters. The molecule has 0 aliphatic carbocycles. The summed E-state index contributed by atoms with van der Waals surface area (Å²) in [5.41, 5.74) is 0.716. The summed E-state index contributed by atoms with van der Waals surface area (Å²) in [5, 5.41) is 9.86. The van der Waals surface area contributed by atoms with E-state index in [-0.39, 0.29) is 26.2 Å². The standard InChI is InChI=1S/C10H10ClN5O3S2/c1-5-7(3-4-8(11)12-5)16-21(18,19)10-15-14-9(20-10)13-6(2)17/h3-4,16H,1-2H3,(H,13,14,17). The van der Waals surface area contributed by atoms with Gasteiger partial charge in [-0.05, 0) is 19.1 Å². The van der Waals surface area contributed by atoms with Crippen LogP contribution in [0, 0.1) is 6.92 Å². The SMILES string of the molecule is CC(=O)Nc1nnc(S(=O)(=O)Nc2ccc(Cl)nc2C)s1. The van der Waals surface area contributed by atoms with E-state index >= 15 is 0 Å². The molecule has 0 radical (unpaired) electrons. The maximum absolute atomic E-state index is 12.2. The van der Waals surface area contributed by atoms with Gasteiger partial charge in [-0.3, -0.25) is 9.52 Å². The summed E-state index contributed by atoms with van der Waals surface area (Å²) in [5.74, 6) is -0.360. The second-order valence-corrected chi connectivity index (χ2v) is 7.15. The summed E-state index contributed by atoms with van der Waals surface area (Å²) in [6.07, 6.45) is 0. The molecule has 1 amide bonds. The summed E-state index contributed by atoms with van der Waals surface area (Å²) in [6.45, 7) is 2.91. The van der Waals surface area contributed by atoms with Crippen LogP contribution in [0.25, 0.3) is 0 Å². The van der Waals surface area contributed by atoms with E-state index in [4.69, 9.17) is 11.6 Å². The Balaban J connectivity index is 2.25. The maximum atomic E-state index is 12.2. The number of nitrogens with one attached hydrogen (secondary N) is 2. The number of carbonyl (C=O) groups excluding carboxylic acids is 1. The van der Waals surface area contributed by atoms with E-state index in [0.29, 0.717) is 5.69 Å². The lowest BCUT2D eigenvalue weighted by Gasteiger charge is -2.07. The number of halogens is 1. The van der Waals surface area contributed by atoms with E-state index in [9.17, 15) is 13.2 Å². The van der Waals surface area contributed by atoms with Crippen molar-refractivity contribution in [2.24, 2.45) is 0 Å². The fourth-order valence-electron chi connectivity index (χ4n) is 1.35. The van der Waals surface area contributed by atoms with Crippen LogP contribution in [0.2, 0.25) is 5.15 Å². The Hall–Kier alpha value is -1.78. The molecule has 2 aromatic heterocycles. The van der Waals surface area contributed by atoms with E-state index in [1.165, 1.54) is 19.1 Å². The number of hydrogen-bond acceptors (Lipinski definition) is 7. The quantitative estimate of drug-likeness (QED) is 0.642. The van der Waals surface area contributed by atoms with Crippen molar-refractivity contribution in [3.8, 4) is 0 Å². The third-order valence-electron chi connectivity index (χ3n) is 2.22. The van der Waals surface area contributed by atoms with Crippen molar-refractivity contribution in [1.29, 1.82) is 0 Å². The molecule has 0 saturated carbocycles. The number of pyridine rings is 1. The van der Waals surface area contributed by atoms with Gasteiger partial charge in [-0.15, -0.1) is 10.2 Å². The molecule has 11 heteroatoms. The van der Waals surface area contributed by atoms with E-state index in [0.717, 1.165) is 11.3 Å². The number of sulfonamides is 1. The molecule has 0 aliphatic heterocycles.